The summed E-state index contributed by atoms with van der Waals surface area (Å²) in [4.78, 5) is 32.2. The summed E-state index contributed by atoms with van der Waals surface area (Å²) in [6.07, 6.45) is 5.85. The van der Waals surface area contributed by atoms with E-state index in [-0.39, 0.29) is 17.9 Å². The molecule has 2 aromatic rings. The molecule has 2 aromatic heterocycles. The number of carbonyl (C=O) groups excluding carboxylic acids is 2. The number of amides is 2. The molecular weight excluding hydrogens is 308 g/mol. The van der Waals surface area contributed by atoms with Crippen molar-refractivity contribution in [2.75, 3.05) is 13.1 Å². The number of nitrogens with one attached hydrogen (secondary N) is 2. The van der Waals surface area contributed by atoms with Gasteiger partial charge in [-0.2, -0.15) is 0 Å². The predicted molar refractivity (Wildman–Crippen MR) is 87.5 cm³/mol. The van der Waals surface area contributed by atoms with E-state index < -0.39 is 0 Å². The van der Waals surface area contributed by atoms with E-state index in [0.29, 0.717) is 30.9 Å². The first-order valence-corrected chi connectivity index (χ1v) is 7.90. The van der Waals surface area contributed by atoms with Crippen LogP contribution in [0.3, 0.4) is 0 Å². The molecule has 1 unspecified atom stereocenters. The third-order valence-corrected chi connectivity index (χ3v) is 3.89. The van der Waals surface area contributed by atoms with Gasteiger partial charge in [0.1, 0.15) is 11.9 Å². The molecule has 2 N–H and O–H groups in total. The minimum Gasteiger partial charge on any atom is -0.488 e. The minimum absolute atomic E-state index is 0.0171. The van der Waals surface area contributed by atoms with Crippen molar-refractivity contribution in [2.24, 2.45) is 0 Å². The molecule has 2 amide bonds. The van der Waals surface area contributed by atoms with E-state index in [0.717, 1.165) is 12.1 Å². The average molecular weight is 328 g/mol. The highest BCUT2D eigenvalue weighted by molar-refractivity contribution is 5.94. The average Bonchev–Trinajstić information content (AvgIpc) is 3.24. The number of carbonyl (C=O) groups is 2. The van der Waals surface area contributed by atoms with Crippen LogP contribution < -0.4 is 10.1 Å². The van der Waals surface area contributed by atoms with Crippen LogP contribution in [0.4, 0.5) is 0 Å². The molecule has 1 aliphatic heterocycles. The summed E-state index contributed by atoms with van der Waals surface area (Å²) in [5.41, 5.74) is 1.40. The molecule has 0 aromatic carbocycles. The fourth-order valence-corrected chi connectivity index (χ4v) is 2.68. The molecule has 24 heavy (non-hydrogen) atoms. The van der Waals surface area contributed by atoms with Crippen LogP contribution in [0.5, 0.6) is 5.75 Å². The number of aromatic nitrogens is 2. The van der Waals surface area contributed by atoms with Gasteiger partial charge in [0.05, 0.1) is 24.3 Å². The molecular formula is C17H20N4O3. The number of nitrogens with zero attached hydrogens (tertiary/aromatic N) is 2. The first kappa shape index (κ1) is 16.0. The maximum atomic E-state index is 12.3. The van der Waals surface area contributed by atoms with Crippen LogP contribution in [0, 0.1) is 0 Å². The smallest absolute Gasteiger partial charge is 0.255 e. The highest BCUT2D eigenvalue weighted by atomic mass is 16.5. The second-order valence-electron chi connectivity index (χ2n) is 5.77. The maximum absolute atomic E-state index is 12.3. The van der Waals surface area contributed by atoms with Crippen LogP contribution in [0.25, 0.3) is 0 Å². The fourth-order valence-electron chi connectivity index (χ4n) is 2.68. The molecule has 1 fully saturated rings. The Kier molecular flexibility index (Phi) is 4.79. The van der Waals surface area contributed by atoms with E-state index in [1.54, 1.807) is 35.6 Å². The molecule has 126 valence electrons. The van der Waals surface area contributed by atoms with Crippen LogP contribution >= 0.6 is 0 Å². The Morgan fingerprint density at radius 2 is 2.33 bits per heavy atom. The quantitative estimate of drug-likeness (QED) is 0.867. The first-order valence-electron chi connectivity index (χ1n) is 7.90. The zero-order valence-corrected chi connectivity index (χ0v) is 13.5. The zero-order chi connectivity index (χ0) is 16.9. The van der Waals surface area contributed by atoms with Gasteiger partial charge in [0, 0.05) is 44.5 Å². The lowest BCUT2D eigenvalue weighted by Crippen LogP contribution is -2.30. The van der Waals surface area contributed by atoms with Gasteiger partial charge in [-0.3, -0.25) is 14.6 Å². The Hall–Kier alpha value is -2.83. The molecule has 1 atom stereocenters. The molecule has 0 saturated carbocycles. The van der Waals surface area contributed by atoms with E-state index in [4.69, 9.17) is 4.74 Å². The Labute approximate surface area is 140 Å². The number of hydrogen-bond acceptors (Lipinski definition) is 4. The number of ether oxygens (including phenoxy) is 1. The van der Waals surface area contributed by atoms with Gasteiger partial charge in [-0.1, -0.05) is 0 Å². The molecule has 0 aliphatic carbocycles. The summed E-state index contributed by atoms with van der Waals surface area (Å²) in [7, 11) is 0. The second-order valence-corrected chi connectivity index (χ2v) is 5.77. The van der Waals surface area contributed by atoms with Crippen molar-refractivity contribution in [3.05, 3.63) is 48.0 Å². The van der Waals surface area contributed by atoms with Crippen molar-refractivity contribution in [1.29, 1.82) is 0 Å². The van der Waals surface area contributed by atoms with Gasteiger partial charge < -0.3 is 19.9 Å². The van der Waals surface area contributed by atoms with Crippen molar-refractivity contribution in [2.45, 2.75) is 26.0 Å². The summed E-state index contributed by atoms with van der Waals surface area (Å²) < 4.78 is 5.97. The van der Waals surface area contributed by atoms with Crippen LogP contribution in [0.1, 0.15) is 29.4 Å². The standard InChI is InChI=1S/C17H20N4O3/c1-12(22)20-10-14-8-15(3-6-19-14)24-16-4-7-21(11-16)17(23)13-2-5-18-9-13/h2-3,5-6,8-9,16,18H,4,7,10-11H2,1H3,(H,20,22). The number of aromatic amines is 1. The molecule has 7 nitrogen and oxygen atoms in total. The van der Waals surface area contributed by atoms with Crippen LogP contribution in [-0.4, -0.2) is 45.9 Å². The van der Waals surface area contributed by atoms with Crippen LogP contribution in [-0.2, 0) is 11.3 Å². The second kappa shape index (κ2) is 7.16. The summed E-state index contributed by atoms with van der Waals surface area (Å²) >= 11 is 0. The molecule has 0 radical (unpaired) electrons. The Bertz CT molecular complexity index is 714. The molecule has 1 saturated heterocycles. The summed E-state index contributed by atoms with van der Waals surface area (Å²) in [6, 6.07) is 5.37. The van der Waals surface area contributed by atoms with Crippen molar-refractivity contribution in [1.82, 2.24) is 20.2 Å². The predicted octanol–water partition coefficient (Wildman–Crippen LogP) is 1.34. The molecule has 3 heterocycles. The third kappa shape index (κ3) is 3.92. The third-order valence-electron chi connectivity index (χ3n) is 3.89. The van der Waals surface area contributed by atoms with Gasteiger partial charge in [0.25, 0.3) is 5.91 Å². The normalized spacial score (nSPS) is 16.9. The summed E-state index contributed by atoms with van der Waals surface area (Å²) in [5.74, 6) is 0.618. The topological polar surface area (TPSA) is 87.3 Å². The highest BCUT2D eigenvalue weighted by Crippen LogP contribution is 2.20. The van der Waals surface area contributed by atoms with Gasteiger partial charge in [0.15, 0.2) is 0 Å². The Balaban J connectivity index is 1.56. The lowest BCUT2D eigenvalue weighted by atomic mass is 10.3. The zero-order valence-electron chi connectivity index (χ0n) is 13.5. The first-order chi connectivity index (χ1) is 11.6. The number of hydrogen-bond donors (Lipinski definition) is 2. The minimum atomic E-state index is -0.0992. The van der Waals surface area contributed by atoms with E-state index in [9.17, 15) is 9.59 Å². The highest BCUT2D eigenvalue weighted by Gasteiger charge is 2.28. The van der Waals surface area contributed by atoms with E-state index in [1.165, 1.54) is 6.92 Å². The Morgan fingerprint density at radius 3 is 3.08 bits per heavy atom. The molecule has 0 bridgehead atoms. The maximum Gasteiger partial charge on any atom is 0.255 e. The van der Waals surface area contributed by atoms with Gasteiger partial charge in [-0.15, -0.1) is 0 Å². The van der Waals surface area contributed by atoms with E-state index in [1.807, 2.05) is 6.07 Å². The SMILES string of the molecule is CC(=O)NCc1cc(OC2CCN(C(=O)c3cc[nH]c3)C2)ccn1. The number of likely N-dealkylation sites (tertiary alicyclic amines) is 1. The number of pyridine rings is 1. The molecule has 7 heteroatoms. The summed E-state index contributed by atoms with van der Waals surface area (Å²) in [5, 5.41) is 2.71. The lowest BCUT2D eigenvalue weighted by Gasteiger charge is -2.17. The van der Waals surface area contributed by atoms with E-state index >= 15 is 0 Å². The molecule has 0 spiro atoms. The van der Waals surface area contributed by atoms with Crippen LogP contribution in [0.15, 0.2) is 36.8 Å². The molecule has 3 rings (SSSR count). The van der Waals surface area contributed by atoms with E-state index in [2.05, 4.69) is 15.3 Å². The monoisotopic (exact) mass is 328 g/mol. The van der Waals surface area contributed by atoms with Crippen molar-refractivity contribution >= 4 is 11.8 Å². The summed E-state index contributed by atoms with van der Waals surface area (Å²) in [6.45, 7) is 3.08. The van der Waals surface area contributed by atoms with Crippen LogP contribution in [0.2, 0.25) is 0 Å². The number of rotatable bonds is 5. The van der Waals surface area contributed by atoms with Crippen molar-refractivity contribution in [3.63, 3.8) is 0 Å². The van der Waals surface area contributed by atoms with Gasteiger partial charge in [0.2, 0.25) is 5.91 Å². The van der Waals surface area contributed by atoms with Crippen molar-refractivity contribution < 1.29 is 14.3 Å². The molecule has 1 aliphatic rings. The van der Waals surface area contributed by atoms with Crippen molar-refractivity contribution in [3.8, 4) is 5.75 Å². The largest absolute Gasteiger partial charge is 0.488 e. The lowest BCUT2D eigenvalue weighted by molar-refractivity contribution is -0.119. The number of H-pyrrole nitrogens is 1. The van der Waals surface area contributed by atoms with Gasteiger partial charge in [-0.05, 0) is 12.1 Å². The van der Waals surface area contributed by atoms with Gasteiger partial charge >= 0.3 is 0 Å². The van der Waals surface area contributed by atoms with Gasteiger partial charge in [-0.25, -0.2) is 0 Å². The Morgan fingerprint density at radius 1 is 1.46 bits per heavy atom. The fraction of sp³-hybridized carbons (Fsp3) is 0.353.